The van der Waals surface area contributed by atoms with Gasteiger partial charge in [-0.25, -0.2) is 0 Å². The highest BCUT2D eigenvalue weighted by molar-refractivity contribution is 5.20. The molecular weight excluding hydrogens is 175 g/mol. The van der Waals surface area contributed by atoms with Crippen LogP contribution in [0.25, 0.3) is 0 Å². The number of hydrogen-bond acceptors (Lipinski definition) is 0. The van der Waals surface area contributed by atoms with Gasteiger partial charge in [-0.2, -0.15) is 0 Å². The van der Waals surface area contributed by atoms with Gasteiger partial charge in [-0.15, -0.1) is 0 Å². The van der Waals surface area contributed by atoms with Crippen LogP contribution in [0.5, 0.6) is 0 Å². The minimum atomic E-state index is -0.0501. The van der Waals surface area contributed by atoms with Gasteiger partial charge in [0.05, 0.1) is 6.67 Å². The molecular formula is C13H17F. The average molecular weight is 192 g/mol. The maximum Gasteiger partial charge on any atom is 0.0925 e. The summed E-state index contributed by atoms with van der Waals surface area (Å²) in [5.41, 5.74) is 0. The second-order valence-corrected chi connectivity index (χ2v) is 5.91. The highest BCUT2D eigenvalue weighted by atomic mass is 19.1. The Labute approximate surface area is 84.6 Å². The van der Waals surface area contributed by atoms with Crippen LogP contribution in [0.3, 0.4) is 0 Å². The molecule has 0 nitrogen and oxygen atoms in total. The van der Waals surface area contributed by atoms with Crippen molar-refractivity contribution < 1.29 is 4.39 Å². The van der Waals surface area contributed by atoms with E-state index in [0.29, 0.717) is 5.92 Å². The Balaban J connectivity index is 1.72. The summed E-state index contributed by atoms with van der Waals surface area (Å²) in [6.07, 6.45) is 8.86. The van der Waals surface area contributed by atoms with E-state index in [1.807, 2.05) is 0 Å². The molecule has 0 aromatic rings. The third kappa shape index (κ3) is 0.730. The normalized spacial score (nSPS) is 62.5. The molecule has 3 fully saturated rings. The van der Waals surface area contributed by atoms with Crippen molar-refractivity contribution in [2.45, 2.75) is 19.3 Å². The van der Waals surface area contributed by atoms with E-state index in [-0.39, 0.29) is 6.67 Å². The van der Waals surface area contributed by atoms with Crippen molar-refractivity contribution >= 4 is 0 Å². The first kappa shape index (κ1) is 7.90. The lowest BCUT2D eigenvalue weighted by Gasteiger charge is -2.35. The first-order valence-corrected chi connectivity index (χ1v) is 6.12. The summed E-state index contributed by atoms with van der Waals surface area (Å²) in [6, 6.07) is 0. The smallest absolute Gasteiger partial charge is 0.0925 e. The van der Waals surface area contributed by atoms with Crippen LogP contribution in [0.1, 0.15) is 19.3 Å². The van der Waals surface area contributed by atoms with E-state index in [9.17, 15) is 4.39 Å². The summed E-state index contributed by atoms with van der Waals surface area (Å²) >= 11 is 0. The van der Waals surface area contributed by atoms with Gasteiger partial charge in [-0.05, 0) is 60.7 Å². The minimum Gasteiger partial charge on any atom is -0.251 e. The van der Waals surface area contributed by atoms with E-state index in [1.54, 1.807) is 0 Å². The Morgan fingerprint density at radius 3 is 2.57 bits per heavy atom. The van der Waals surface area contributed by atoms with Crippen molar-refractivity contribution in [2.75, 3.05) is 6.67 Å². The Bertz CT molecular complexity index is 296. The minimum absolute atomic E-state index is 0.0501. The molecule has 14 heavy (non-hydrogen) atoms. The average Bonchev–Trinajstić information content (AvgIpc) is 2.94. The van der Waals surface area contributed by atoms with Gasteiger partial charge in [0.1, 0.15) is 0 Å². The molecule has 0 saturated heterocycles. The second kappa shape index (κ2) is 2.43. The molecule has 0 amide bonds. The van der Waals surface area contributed by atoms with Crippen molar-refractivity contribution in [2.24, 2.45) is 41.4 Å². The topological polar surface area (TPSA) is 0 Å². The molecule has 4 aliphatic rings. The number of hydrogen-bond donors (Lipinski definition) is 0. The summed E-state index contributed by atoms with van der Waals surface area (Å²) in [5.74, 6) is 5.69. The first-order valence-electron chi connectivity index (χ1n) is 6.12. The lowest BCUT2D eigenvalue weighted by molar-refractivity contribution is 0.130. The molecule has 4 rings (SSSR count). The lowest BCUT2D eigenvalue weighted by atomic mass is 9.70. The van der Waals surface area contributed by atoms with Crippen molar-refractivity contribution in [3.8, 4) is 0 Å². The zero-order valence-corrected chi connectivity index (χ0v) is 8.40. The van der Waals surface area contributed by atoms with Crippen LogP contribution in [0.2, 0.25) is 0 Å². The first-order chi connectivity index (χ1) is 6.88. The number of allylic oxidation sites excluding steroid dienone is 2. The summed E-state index contributed by atoms with van der Waals surface area (Å²) in [7, 11) is 0. The Morgan fingerprint density at radius 1 is 1.00 bits per heavy atom. The zero-order valence-electron chi connectivity index (χ0n) is 8.40. The van der Waals surface area contributed by atoms with Crippen LogP contribution in [-0.4, -0.2) is 6.67 Å². The van der Waals surface area contributed by atoms with Crippen molar-refractivity contribution in [3.63, 3.8) is 0 Å². The number of halogens is 1. The molecule has 0 N–H and O–H groups in total. The van der Waals surface area contributed by atoms with Gasteiger partial charge in [-0.3, -0.25) is 4.39 Å². The van der Waals surface area contributed by atoms with Gasteiger partial charge in [0, 0.05) is 0 Å². The molecule has 4 bridgehead atoms. The maximum absolute atomic E-state index is 12.8. The zero-order chi connectivity index (χ0) is 9.28. The quantitative estimate of drug-likeness (QED) is 0.442. The molecule has 1 heteroatoms. The van der Waals surface area contributed by atoms with Gasteiger partial charge in [-0.1, -0.05) is 12.2 Å². The van der Waals surface area contributed by atoms with Crippen LogP contribution in [0.15, 0.2) is 12.2 Å². The molecule has 76 valence electrons. The third-order valence-corrected chi connectivity index (χ3v) is 5.61. The summed E-state index contributed by atoms with van der Waals surface area (Å²) in [6.45, 7) is -0.0501. The predicted molar refractivity (Wildman–Crippen MR) is 53.4 cm³/mol. The van der Waals surface area contributed by atoms with E-state index < -0.39 is 0 Å². The highest BCUT2D eigenvalue weighted by Gasteiger charge is 2.60. The third-order valence-electron chi connectivity index (χ3n) is 5.61. The molecule has 0 radical (unpaired) electrons. The van der Waals surface area contributed by atoms with E-state index in [0.717, 1.165) is 35.5 Å². The summed E-state index contributed by atoms with van der Waals surface area (Å²) in [5, 5.41) is 0. The van der Waals surface area contributed by atoms with E-state index in [2.05, 4.69) is 12.2 Å². The summed E-state index contributed by atoms with van der Waals surface area (Å²) in [4.78, 5) is 0. The molecule has 0 spiro atoms. The Hall–Kier alpha value is -0.330. The summed E-state index contributed by atoms with van der Waals surface area (Å²) < 4.78 is 12.8. The van der Waals surface area contributed by atoms with Crippen molar-refractivity contribution in [1.29, 1.82) is 0 Å². The molecule has 0 aliphatic heterocycles. The number of fused-ring (bicyclic) bond motifs is 9. The second-order valence-electron chi connectivity index (χ2n) is 5.91. The molecule has 3 saturated carbocycles. The van der Waals surface area contributed by atoms with Crippen LogP contribution in [0, 0.1) is 41.4 Å². The molecule has 7 atom stereocenters. The Morgan fingerprint density at radius 2 is 1.79 bits per heavy atom. The van der Waals surface area contributed by atoms with Crippen LogP contribution in [-0.2, 0) is 0 Å². The predicted octanol–water partition coefficient (Wildman–Crippen LogP) is 3.05. The van der Waals surface area contributed by atoms with Crippen LogP contribution < -0.4 is 0 Å². The van der Waals surface area contributed by atoms with E-state index in [4.69, 9.17) is 0 Å². The molecule has 0 heterocycles. The van der Waals surface area contributed by atoms with Crippen molar-refractivity contribution in [1.82, 2.24) is 0 Å². The van der Waals surface area contributed by atoms with Crippen LogP contribution >= 0.6 is 0 Å². The highest BCUT2D eigenvalue weighted by Crippen LogP contribution is 2.66. The monoisotopic (exact) mass is 192 g/mol. The van der Waals surface area contributed by atoms with E-state index >= 15 is 0 Å². The van der Waals surface area contributed by atoms with Gasteiger partial charge in [0.15, 0.2) is 0 Å². The lowest BCUT2D eigenvalue weighted by Crippen LogP contribution is -2.31. The fraction of sp³-hybridized carbons (Fsp3) is 0.846. The molecule has 4 aliphatic carbocycles. The van der Waals surface area contributed by atoms with Gasteiger partial charge in [0.2, 0.25) is 0 Å². The van der Waals surface area contributed by atoms with Gasteiger partial charge in [0.25, 0.3) is 0 Å². The number of alkyl halides is 1. The fourth-order valence-electron chi connectivity index (χ4n) is 5.33. The fourth-order valence-corrected chi connectivity index (χ4v) is 5.33. The molecule has 0 aromatic carbocycles. The number of rotatable bonds is 1. The largest absolute Gasteiger partial charge is 0.251 e. The molecule has 7 unspecified atom stereocenters. The van der Waals surface area contributed by atoms with Crippen LogP contribution in [0.4, 0.5) is 4.39 Å². The SMILES string of the molecule is FCC1CC2CC1C1C3C=CC(C3)C21. The Kier molecular flexibility index (Phi) is 1.37. The van der Waals surface area contributed by atoms with E-state index in [1.165, 1.54) is 19.3 Å². The molecule has 0 aromatic heterocycles. The van der Waals surface area contributed by atoms with Gasteiger partial charge >= 0.3 is 0 Å². The van der Waals surface area contributed by atoms with Crippen molar-refractivity contribution in [3.05, 3.63) is 12.2 Å². The van der Waals surface area contributed by atoms with Gasteiger partial charge < -0.3 is 0 Å². The maximum atomic E-state index is 12.8. The standard InChI is InChI=1S/C13H17F/c14-6-10-4-9-5-11(10)13-8-2-1-7(3-8)12(9)13/h1-2,7-13H,3-6H2.